The maximum absolute atomic E-state index is 11.9. The van der Waals surface area contributed by atoms with Crippen molar-refractivity contribution in [1.82, 2.24) is 20.3 Å². The van der Waals surface area contributed by atoms with Crippen molar-refractivity contribution in [2.45, 2.75) is 27.2 Å². The molecule has 1 amide bonds. The van der Waals surface area contributed by atoms with Crippen LogP contribution in [-0.2, 0) is 6.42 Å². The normalized spacial score (nSPS) is 12.7. The lowest BCUT2D eigenvalue weighted by Crippen LogP contribution is -2.31. The highest BCUT2D eigenvalue weighted by Gasteiger charge is 2.20. The Morgan fingerprint density at radius 1 is 1.08 bits per heavy atom. The van der Waals surface area contributed by atoms with Gasteiger partial charge in [0, 0.05) is 30.4 Å². The summed E-state index contributed by atoms with van der Waals surface area (Å²) >= 11 is 0. The summed E-state index contributed by atoms with van der Waals surface area (Å²) in [5, 5.41) is 2.85. The maximum atomic E-state index is 11.9. The number of amides is 1. The number of rotatable bonds is 2. The molecular formula is C20H22N4O. The van der Waals surface area contributed by atoms with Gasteiger partial charge in [0.2, 0.25) is 0 Å². The van der Waals surface area contributed by atoms with Gasteiger partial charge in [0.1, 0.15) is 0 Å². The lowest BCUT2D eigenvalue weighted by molar-refractivity contribution is 0.0946. The minimum Gasteiger partial charge on any atom is -0.356 e. The van der Waals surface area contributed by atoms with Crippen molar-refractivity contribution in [3.05, 3.63) is 59.4 Å². The van der Waals surface area contributed by atoms with Crippen LogP contribution in [0, 0.1) is 6.92 Å². The molecule has 2 aromatic heterocycles. The fourth-order valence-corrected chi connectivity index (χ4v) is 2.78. The number of benzene rings is 1. The molecule has 5 nitrogen and oxygen atoms in total. The topological polar surface area (TPSA) is 70.7 Å². The number of nitrogens with zero attached hydrogens (tertiary/aromatic N) is 2. The van der Waals surface area contributed by atoms with E-state index in [0.29, 0.717) is 17.9 Å². The Hall–Kier alpha value is -2.95. The summed E-state index contributed by atoms with van der Waals surface area (Å²) in [5.74, 6) is 0.654. The lowest BCUT2D eigenvalue weighted by Gasteiger charge is -2.10. The molecule has 0 radical (unpaired) electrons. The van der Waals surface area contributed by atoms with E-state index in [0.717, 1.165) is 29.1 Å². The van der Waals surface area contributed by atoms with Crippen LogP contribution in [0.2, 0.25) is 0 Å². The average Bonchev–Trinajstić information content (AvgIpc) is 3.10. The van der Waals surface area contributed by atoms with Crippen molar-refractivity contribution >= 4 is 5.91 Å². The SMILES string of the molecule is CC.Cc1ccc(-c2nccc(-c3cc4c([nH]3)CCNC4=O)n2)cc1. The van der Waals surface area contributed by atoms with Gasteiger partial charge in [-0.15, -0.1) is 0 Å². The molecule has 25 heavy (non-hydrogen) atoms. The minimum atomic E-state index is -0.0263. The second-order valence-electron chi connectivity index (χ2n) is 5.71. The molecule has 128 valence electrons. The molecule has 0 aliphatic carbocycles. The zero-order valence-corrected chi connectivity index (χ0v) is 14.8. The van der Waals surface area contributed by atoms with Gasteiger partial charge in [-0.05, 0) is 19.1 Å². The highest BCUT2D eigenvalue weighted by molar-refractivity contribution is 5.97. The maximum Gasteiger partial charge on any atom is 0.253 e. The Labute approximate surface area is 147 Å². The summed E-state index contributed by atoms with van der Waals surface area (Å²) in [7, 11) is 0. The highest BCUT2D eigenvalue weighted by Crippen LogP contribution is 2.24. The Morgan fingerprint density at radius 2 is 1.84 bits per heavy atom. The lowest BCUT2D eigenvalue weighted by atomic mass is 10.1. The Morgan fingerprint density at radius 3 is 2.56 bits per heavy atom. The quantitative estimate of drug-likeness (QED) is 0.749. The Balaban J connectivity index is 0.000000880. The Kier molecular flexibility index (Phi) is 4.93. The van der Waals surface area contributed by atoms with Crippen LogP contribution in [0.25, 0.3) is 22.8 Å². The van der Waals surface area contributed by atoms with Gasteiger partial charge in [0.15, 0.2) is 5.82 Å². The summed E-state index contributed by atoms with van der Waals surface area (Å²) in [5.41, 5.74) is 5.50. The smallest absolute Gasteiger partial charge is 0.253 e. The van der Waals surface area contributed by atoms with E-state index in [-0.39, 0.29) is 5.91 Å². The molecule has 1 aliphatic rings. The largest absolute Gasteiger partial charge is 0.356 e. The number of aryl methyl sites for hydroxylation is 1. The van der Waals surface area contributed by atoms with Gasteiger partial charge in [-0.2, -0.15) is 0 Å². The number of hydrogen-bond acceptors (Lipinski definition) is 3. The fraction of sp³-hybridized carbons (Fsp3) is 0.250. The average molecular weight is 334 g/mol. The molecule has 3 heterocycles. The molecule has 0 fully saturated rings. The third-order valence-electron chi connectivity index (χ3n) is 4.05. The first-order valence-electron chi connectivity index (χ1n) is 8.61. The second-order valence-corrected chi connectivity index (χ2v) is 5.71. The molecule has 0 atom stereocenters. The van der Waals surface area contributed by atoms with E-state index in [4.69, 9.17) is 0 Å². The van der Waals surface area contributed by atoms with Crippen LogP contribution in [0.3, 0.4) is 0 Å². The number of fused-ring (bicyclic) bond motifs is 1. The molecule has 0 spiro atoms. The third-order valence-corrected chi connectivity index (χ3v) is 4.05. The van der Waals surface area contributed by atoms with Crippen LogP contribution in [0.1, 0.15) is 35.5 Å². The van der Waals surface area contributed by atoms with Crippen LogP contribution >= 0.6 is 0 Å². The van der Waals surface area contributed by atoms with Crippen LogP contribution in [0.5, 0.6) is 0 Å². The molecule has 0 saturated heterocycles. The van der Waals surface area contributed by atoms with Crippen molar-refractivity contribution in [3.8, 4) is 22.8 Å². The van der Waals surface area contributed by atoms with Crippen LogP contribution in [0.4, 0.5) is 0 Å². The number of carbonyl (C=O) groups excluding carboxylic acids is 1. The van der Waals surface area contributed by atoms with Gasteiger partial charge >= 0.3 is 0 Å². The number of hydrogen-bond donors (Lipinski definition) is 2. The second kappa shape index (κ2) is 7.30. The first-order chi connectivity index (χ1) is 12.2. The van der Waals surface area contributed by atoms with Gasteiger partial charge in [-0.25, -0.2) is 9.97 Å². The van der Waals surface area contributed by atoms with Gasteiger partial charge in [0.25, 0.3) is 5.91 Å². The molecule has 1 aliphatic heterocycles. The van der Waals surface area contributed by atoms with Crippen LogP contribution in [-0.4, -0.2) is 27.4 Å². The van der Waals surface area contributed by atoms with E-state index in [9.17, 15) is 4.79 Å². The number of carbonyl (C=O) groups is 1. The predicted octanol–water partition coefficient (Wildman–Crippen LogP) is 3.76. The molecule has 4 rings (SSSR count). The molecule has 0 saturated carbocycles. The van der Waals surface area contributed by atoms with Gasteiger partial charge < -0.3 is 10.3 Å². The molecule has 1 aromatic carbocycles. The van der Waals surface area contributed by atoms with Gasteiger partial charge in [-0.3, -0.25) is 4.79 Å². The van der Waals surface area contributed by atoms with E-state index in [2.05, 4.69) is 27.2 Å². The third kappa shape index (κ3) is 3.45. The van der Waals surface area contributed by atoms with E-state index in [1.54, 1.807) is 6.20 Å². The van der Waals surface area contributed by atoms with Crippen molar-refractivity contribution in [1.29, 1.82) is 0 Å². The first-order valence-corrected chi connectivity index (χ1v) is 8.61. The fourth-order valence-electron chi connectivity index (χ4n) is 2.78. The molecule has 3 aromatic rings. The monoisotopic (exact) mass is 334 g/mol. The summed E-state index contributed by atoms with van der Waals surface area (Å²) in [6.45, 7) is 6.72. The molecule has 0 unspecified atom stereocenters. The minimum absolute atomic E-state index is 0.0263. The predicted molar refractivity (Wildman–Crippen MR) is 99.4 cm³/mol. The molecule has 2 N–H and O–H groups in total. The van der Waals surface area contributed by atoms with Crippen molar-refractivity contribution in [3.63, 3.8) is 0 Å². The van der Waals surface area contributed by atoms with Gasteiger partial charge in [0.05, 0.1) is 17.0 Å². The number of H-pyrrole nitrogens is 1. The van der Waals surface area contributed by atoms with E-state index in [1.165, 1.54) is 5.56 Å². The van der Waals surface area contributed by atoms with E-state index >= 15 is 0 Å². The van der Waals surface area contributed by atoms with Crippen LogP contribution in [0.15, 0.2) is 42.6 Å². The standard InChI is InChI=1S/C18H16N4O.C2H6/c1-11-2-4-12(5-3-11)17-19-8-7-15(22-17)16-10-13-14(21-16)6-9-20-18(13)23;1-2/h2-5,7-8,10,21H,6,9H2,1H3,(H,20,23);1-2H3. The summed E-state index contributed by atoms with van der Waals surface area (Å²) in [6.07, 6.45) is 2.56. The zero-order valence-electron chi connectivity index (χ0n) is 14.8. The van der Waals surface area contributed by atoms with Crippen molar-refractivity contribution in [2.24, 2.45) is 0 Å². The molecule has 5 heteroatoms. The van der Waals surface area contributed by atoms with Crippen LogP contribution < -0.4 is 5.32 Å². The van der Waals surface area contributed by atoms with Crippen molar-refractivity contribution < 1.29 is 4.79 Å². The molecular weight excluding hydrogens is 312 g/mol. The van der Waals surface area contributed by atoms with E-state index in [1.807, 2.05) is 50.2 Å². The molecule has 0 bridgehead atoms. The number of nitrogens with one attached hydrogen (secondary N) is 2. The number of aromatic amines is 1. The summed E-state index contributed by atoms with van der Waals surface area (Å²) in [4.78, 5) is 24.2. The van der Waals surface area contributed by atoms with Gasteiger partial charge in [-0.1, -0.05) is 43.7 Å². The summed E-state index contributed by atoms with van der Waals surface area (Å²) < 4.78 is 0. The van der Waals surface area contributed by atoms with Crippen molar-refractivity contribution in [2.75, 3.05) is 6.54 Å². The first kappa shape index (κ1) is 16.9. The number of aromatic nitrogens is 3. The summed E-state index contributed by atoms with van der Waals surface area (Å²) in [6, 6.07) is 11.8. The zero-order chi connectivity index (χ0) is 17.8. The van der Waals surface area contributed by atoms with E-state index < -0.39 is 0 Å². The highest BCUT2D eigenvalue weighted by atomic mass is 16.1. The Bertz CT molecular complexity index is 881.